The van der Waals surface area contributed by atoms with Crippen LogP contribution in [0, 0.1) is 0 Å². The summed E-state index contributed by atoms with van der Waals surface area (Å²) in [5.41, 5.74) is 0.761. The van der Waals surface area contributed by atoms with E-state index in [2.05, 4.69) is 21.2 Å². The van der Waals surface area contributed by atoms with E-state index in [0.29, 0.717) is 21.7 Å². The van der Waals surface area contributed by atoms with Gasteiger partial charge in [0.25, 0.3) is 5.91 Å². The second-order valence-electron chi connectivity index (χ2n) is 5.15. The number of nitrogens with one attached hydrogen (secondary N) is 1. The van der Waals surface area contributed by atoms with Crippen molar-refractivity contribution in [2.75, 3.05) is 5.32 Å². The van der Waals surface area contributed by atoms with Crippen molar-refractivity contribution in [3.63, 3.8) is 0 Å². The van der Waals surface area contributed by atoms with Crippen LogP contribution in [0.5, 0.6) is 0 Å². The second-order valence-corrected chi connectivity index (χ2v) is 5.93. The van der Waals surface area contributed by atoms with Gasteiger partial charge in [-0.1, -0.05) is 12.1 Å². The molecule has 1 atom stereocenters. The van der Waals surface area contributed by atoms with Crippen LogP contribution in [0.2, 0.25) is 0 Å². The molecular weight excluding hydrogens is 390 g/mol. The van der Waals surface area contributed by atoms with Crippen LogP contribution >= 0.6 is 15.9 Å². The van der Waals surface area contributed by atoms with Gasteiger partial charge in [0.15, 0.2) is 16.6 Å². The Morgan fingerprint density at radius 3 is 2.56 bits per heavy atom. The molecule has 1 aromatic heterocycles. The van der Waals surface area contributed by atoms with Crippen molar-refractivity contribution in [3.05, 3.63) is 58.5 Å². The molecule has 0 fully saturated rings. The fourth-order valence-corrected chi connectivity index (χ4v) is 2.29. The smallest absolute Gasteiger partial charge is 0.331 e. The highest BCUT2D eigenvalue weighted by molar-refractivity contribution is 9.10. The Hall–Kier alpha value is -2.67. The number of hydrogen-bond acceptors (Lipinski definition) is 5. The van der Waals surface area contributed by atoms with Crippen LogP contribution in [0.25, 0.3) is 6.08 Å². The average molecular weight is 406 g/mol. The molecule has 0 radical (unpaired) electrons. The lowest BCUT2D eigenvalue weighted by molar-refractivity contribution is -0.148. The van der Waals surface area contributed by atoms with Gasteiger partial charge in [-0.3, -0.25) is 9.59 Å². The summed E-state index contributed by atoms with van der Waals surface area (Å²) in [6.07, 6.45) is 1.57. The minimum atomic E-state index is -1.03. The standard InChI is InChI=1S/C18H16BrNO5/c1-11(21)14-5-3-4-6-15(14)20-18(23)12(2)24-17(22)10-8-13-7-9-16(19)25-13/h3-10,12H,1-2H3,(H,20,23)/b10-8+. The van der Waals surface area contributed by atoms with Gasteiger partial charge < -0.3 is 14.5 Å². The van der Waals surface area contributed by atoms with Gasteiger partial charge in [-0.2, -0.15) is 0 Å². The van der Waals surface area contributed by atoms with E-state index in [9.17, 15) is 14.4 Å². The van der Waals surface area contributed by atoms with Gasteiger partial charge in [0.1, 0.15) is 5.76 Å². The molecule has 1 heterocycles. The van der Waals surface area contributed by atoms with Crippen LogP contribution in [-0.4, -0.2) is 23.8 Å². The molecule has 6 nitrogen and oxygen atoms in total. The van der Waals surface area contributed by atoms with Crippen LogP contribution in [0.1, 0.15) is 30.0 Å². The molecule has 7 heteroatoms. The molecule has 25 heavy (non-hydrogen) atoms. The first-order chi connectivity index (χ1) is 11.9. The zero-order valence-electron chi connectivity index (χ0n) is 13.6. The Morgan fingerprint density at radius 2 is 1.92 bits per heavy atom. The Balaban J connectivity index is 1.95. The first kappa shape index (κ1) is 18.7. The SMILES string of the molecule is CC(=O)c1ccccc1NC(=O)C(C)OC(=O)/C=C/c1ccc(Br)o1. The van der Waals surface area contributed by atoms with Gasteiger partial charge >= 0.3 is 5.97 Å². The number of halogens is 1. The molecule has 0 spiro atoms. The van der Waals surface area contributed by atoms with Crippen molar-refractivity contribution in [3.8, 4) is 0 Å². The van der Waals surface area contributed by atoms with Crippen LogP contribution in [0.3, 0.4) is 0 Å². The van der Waals surface area contributed by atoms with Gasteiger partial charge in [0.2, 0.25) is 0 Å². The number of hydrogen-bond donors (Lipinski definition) is 1. The molecule has 0 aliphatic rings. The van der Waals surface area contributed by atoms with E-state index in [-0.39, 0.29) is 5.78 Å². The molecule has 1 aromatic carbocycles. The van der Waals surface area contributed by atoms with Crippen LogP contribution in [0.15, 0.2) is 51.6 Å². The lowest BCUT2D eigenvalue weighted by Gasteiger charge is -2.14. The average Bonchev–Trinajstić information content (AvgIpc) is 2.98. The maximum atomic E-state index is 12.2. The van der Waals surface area contributed by atoms with E-state index in [0.717, 1.165) is 0 Å². The van der Waals surface area contributed by atoms with E-state index in [4.69, 9.17) is 9.15 Å². The molecule has 1 N–H and O–H groups in total. The van der Waals surface area contributed by atoms with Crippen molar-refractivity contribution in [1.82, 2.24) is 0 Å². The van der Waals surface area contributed by atoms with Crippen molar-refractivity contribution in [2.45, 2.75) is 20.0 Å². The summed E-state index contributed by atoms with van der Waals surface area (Å²) in [5.74, 6) is -0.921. The Morgan fingerprint density at radius 1 is 1.20 bits per heavy atom. The number of Topliss-reactive ketones (excluding diaryl/α,β-unsaturated/α-hetero) is 1. The number of esters is 1. The van der Waals surface area contributed by atoms with Crippen molar-refractivity contribution in [1.29, 1.82) is 0 Å². The maximum absolute atomic E-state index is 12.2. The summed E-state index contributed by atoms with van der Waals surface area (Å²) < 4.78 is 10.8. The first-order valence-corrected chi connectivity index (χ1v) is 8.21. The van der Waals surface area contributed by atoms with Crippen LogP contribution in [0.4, 0.5) is 5.69 Å². The summed E-state index contributed by atoms with van der Waals surface area (Å²) in [7, 11) is 0. The van der Waals surface area contributed by atoms with Crippen LogP contribution in [-0.2, 0) is 14.3 Å². The second kappa shape index (κ2) is 8.43. The zero-order chi connectivity index (χ0) is 18.4. The third kappa shape index (κ3) is 5.42. The number of carbonyl (C=O) groups excluding carboxylic acids is 3. The van der Waals surface area contributed by atoms with E-state index >= 15 is 0 Å². The molecule has 1 unspecified atom stereocenters. The largest absolute Gasteiger partial charge is 0.450 e. The first-order valence-electron chi connectivity index (χ1n) is 7.41. The number of benzene rings is 1. The molecular formula is C18H16BrNO5. The van der Waals surface area contributed by atoms with Gasteiger partial charge in [0, 0.05) is 11.6 Å². The molecule has 0 saturated heterocycles. The maximum Gasteiger partial charge on any atom is 0.331 e. The van der Waals surface area contributed by atoms with E-state index in [1.54, 1.807) is 36.4 Å². The molecule has 0 aliphatic carbocycles. The molecule has 2 aromatic rings. The fourth-order valence-electron chi connectivity index (χ4n) is 1.97. The summed E-state index contributed by atoms with van der Waals surface area (Å²) >= 11 is 3.15. The normalized spacial score (nSPS) is 12.0. The third-order valence-corrected chi connectivity index (χ3v) is 3.63. The van der Waals surface area contributed by atoms with Crippen molar-refractivity contribution in [2.24, 2.45) is 0 Å². The number of para-hydroxylation sites is 1. The van der Waals surface area contributed by atoms with E-state index in [1.807, 2.05) is 0 Å². The Kier molecular flexibility index (Phi) is 6.30. The van der Waals surface area contributed by atoms with E-state index in [1.165, 1.54) is 26.0 Å². The minimum Gasteiger partial charge on any atom is -0.450 e. The molecule has 2 rings (SSSR count). The van der Waals surface area contributed by atoms with Crippen molar-refractivity contribution < 1.29 is 23.5 Å². The number of amides is 1. The van der Waals surface area contributed by atoms with Crippen molar-refractivity contribution >= 4 is 45.4 Å². The highest BCUT2D eigenvalue weighted by Crippen LogP contribution is 2.17. The predicted octanol–water partition coefficient (Wildman–Crippen LogP) is 3.83. The lowest BCUT2D eigenvalue weighted by atomic mass is 10.1. The Labute approximate surface area is 153 Å². The number of furan rings is 1. The van der Waals surface area contributed by atoms with Gasteiger partial charge in [-0.05, 0) is 60.1 Å². The zero-order valence-corrected chi connectivity index (χ0v) is 15.2. The predicted molar refractivity (Wildman–Crippen MR) is 96.1 cm³/mol. The molecule has 0 aliphatic heterocycles. The van der Waals surface area contributed by atoms with Gasteiger partial charge in [-0.15, -0.1) is 0 Å². The number of rotatable bonds is 6. The number of ether oxygens (including phenoxy) is 1. The van der Waals surface area contributed by atoms with Gasteiger partial charge in [0.05, 0.1) is 5.69 Å². The summed E-state index contributed by atoms with van der Waals surface area (Å²) in [5, 5.41) is 2.59. The number of carbonyl (C=O) groups is 3. The van der Waals surface area contributed by atoms with Crippen LogP contribution < -0.4 is 5.32 Å². The Bertz CT molecular complexity index is 824. The summed E-state index contributed by atoms with van der Waals surface area (Å²) in [4.78, 5) is 35.5. The molecule has 130 valence electrons. The third-order valence-electron chi connectivity index (χ3n) is 3.20. The summed E-state index contributed by atoms with van der Waals surface area (Å²) in [6, 6.07) is 9.98. The lowest BCUT2D eigenvalue weighted by Crippen LogP contribution is -2.30. The summed E-state index contributed by atoms with van der Waals surface area (Å²) in [6.45, 7) is 2.85. The number of anilines is 1. The molecule has 0 saturated carbocycles. The highest BCUT2D eigenvalue weighted by Gasteiger charge is 2.18. The van der Waals surface area contributed by atoms with Gasteiger partial charge in [-0.25, -0.2) is 4.79 Å². The topological polar surface area (TPSA) is 85.6 Å². The highest BCUT2D eigenvalue weighted by atomic mass is 79.9. The fraction of sp³-hybridized carbons (Fsp3) is 0.167. The van der Waals surface area contributed by atoms with E-state index < -0.39 is 18.0 Å². The quantitative estimate of drug-likeness (QED) is 0.448. The minimum absolute atomic E-state index is 0.173. The molecule has 1 amide bonds. The molecule has 0 bridgehead atoms. The number of ketones is 1. The monoisotopic (exact) mass is 405 g/mol.